The molecule has 1 nitrogen and oxygen atoms in total. The van der Waals surface area contributed by atoms with Gasteiger partial charge in [-0.2, -0.15) is 0 Å². The predicted molar refractivity (Wildman–Crippen MR) is 304 cm³/mol. The number of furan rings is 1. The Morgan fingerprint density at radius 2 is 0.845 bits per heavy atom. The van der Waals surface area contributed by atoms with Gasteiger partial charge in [0.25, 0.3) is 0 Å². The molecule has 0 aliphatic heterocycles. The Bertz CT molecular complexity index is 4090. The van der Waals surface area contributed by atoms with E-state index in [1.807, 2.05) is 0 Å². The molecule has 1 aliphatic rings. The monoisotopic (exact) mass is 920 g/mol. The van der Waals surface area contributed by atoms with Crippen LogP contribution in [0.15, 0.2) is 259 Å². The molecule has 2 heteroatoms. The van der Waals surface area contributed by atoms with Gasteiger partial charge in [-0.1, -0.05) is 257 Å². The minimum Gasteiger partial charge on any atom is -0.455 e. The van der Waals surface area contributed by atoms with E-state index in [1.165, 1.54) is 97.6 Å². The van der Waals surface area contributed by atoms with Crippen LogP contribution in [0.5, 0.6) is 0 Å². The lowest BCUT2D eigenvalue weighted by Gasteiger charge is -2.34. The molecule has 0 unspecified atom stereocenters. The van der Waals surface area contributed by atoms with E-state index in [0.29, 0.717) is 0 Å². The van der Waals surface area contributed by atoms with Crippen LogP contribution < -0.4 is 20.7 Å². The van der Waals surface area contributed by atoms with Crippen molar-refractivity contribution in [2.24, 2.45) is 0 Å². The lowest BCUT2D eigenvalue weighted by molar-refractivity contribution is 0.661. The van der Waals surface area contributed by atoms with E-state index in [4.69, 9.17) is 4.42 Å². The van der Waals surface area contributed by atoms with E-state index in [1.54, 1.807) is 0 Å². The molecule has 1 aliphatic carbocycles. The van der Waals surface area contributed by atoms with Crippen LogP contribution in [0.3, 0.4) is 0 Å². The fourth-order valence-electron chi connectivity index (χ4n) is 12.7. The van der Waals surface area contributed by atoms with E-state index in [-0.39, 0.29) is 5.41 Å². The van der Waals surface area contributed by atoms with Crippen molar-refractivity contribution in [3.05, 3.63) is 266 Å². The fraction of sp³-hybridized carbons (Fsp3) is 0.0435. The Hall–Kier alpha value is -8.56. The maximum absolute atomic E-state index is 7.16. The summed E-state index contributed by atoms with van der Waals surface area (Å²) in [6.07, 6.45) is 0. The predicted octanol–water partition coefficient (Wildman–Crippen LogP) is 15.7. The van der Waals surface area contributed by atoms with Crippen LogP contribution in [0.2, 0.25) is 0 Å². The molecule has 0 spiro atoms. The molecule has 0 fully saturated rings. The molecule has 1 heterocycles. The largest absolute Gasteiger partial charge is 0.455 e. The molecule has 0 radical (unpaired) electrons. The van der Waals surface area contributed by atoms with Crippen molar-refractivity contribution in [3.63, 3.8) is 0 Å². The number of hydrogen-bond donors (Lipinski definition) is 0. The smallest absolute Gasteiger partial charge is 0.179 e. The summed E-state index contributed by atoms with van der Waals surface area (Å²) in [4.78, 5) is 0. The molecular weight excluding hydrogens is 873 g/mol. The van der Waals surface area contributed by atoms with Crippen molar-refractivity contribution in [1.82, 2.24) is 0 Å². The van der Waals surface area contributed by atoms with Gasteiger partial charge in [0.2, 0.25) is 0 Å². The molecule has 71 heavy (non-hydrogen) atoms. The maximum Gasteiger partial charge on any atom is 0.179 e. The number of benzene rings is 12. The minimum absolute atomic E-state index is 0.149. The zero-order valence-corrected chi connectivity index (χ0v) is 40.7. The second-order valence-electron chi connectivity index (χ2n) is 19.8. The third-order valence-corrected chi connectivity index (χ3v) is 20.6. The van der Waals surface area contributed by atoms with E-state index in [0.717, 1.165) is 33.1 Å². The van der Waals surface area contributed by atoms with Gasteiger partial charge in [0, 0.05) is 27.3 Å². The Kier molecular flexibility index (Phi) is 9.33. The van der Waals surface area contributed by atoms with Gasteiger partial charge in [-0.25, -0.2) is 0 Å². The van der Waals surface area contributed by atoms with E-state index >= 15 is 0 Å². The summed E-state index contributed by atoms with van der Waals surface area (Å²) in [5, 5.41) is 15.1. The topological polar surface area (TPSA) is 13.1 Å². The van der Waals surface area contributed by atoms with Gasteiger partial charge in [-0.05, 0) is 110 Å². The van der Waals surface area contributed by atoms with Crippen molar-refractivity contribution in [1.29, 1.82) is 0 Å². The molecule has 334 valence electrons. The highest BCUT2D eigenvalue weighted by Gasteiger charge is 2.42. The lowest BCUT2D eigenvalue weighted by Crippen LogP contribution is -2.74. The molecule has 0 amide bonds. The second-order valence-corrected chi connectivity index (χ2v) is 23.6. The highest BCUT2D eigenvalue weighted by atomic mass is 28.3. The van der Waals surface area contributed by atoms with Crippen LogP contribution in [0, 0.1) is 0 Å². The number of fused-ring (bicyclic) bond motifs is 10. The van der Waals surface area contributed by atoms with Crippen molar-refractivity contribution in [3.8, 4) is 44.5 Å². The summed E-state index contributed by atoms with van der Waals surface area (Å²) in [5.41, 5.74) is 14.2. The first-order valence-electron chi connectivity index (χ1n) is 24.8. The first-order chi connectivity index (χ1) is 35.0. The molecule has 12 aromatic carbocycles. The SMILES string of the molecule is CC1(C)c2cc(-c3c4ccccc4c(-c4cccc5c4oc4cccc(-c6cccc([Si](c7ccccc7)(c7ccccc7)c7ccccc7)c6)c45)c4ccccc34)ccc2-c2c1ccc1ccccc21. The summed E-state index contributed by atoms with van der Waals surface area (Å²) in [6.45, 7) is 4.78. The standard InChI is InChI=1S/C69H48OSi/c1-69(2)61-42-40-45-21-12-13-30-52(45)66(61)58-41-39-47(44-62(58)69)64-54-31-14-16-33-56(54)65(57-34-17-15-32-55(57)64)59-36-19-37-60-67-53(35-20-38-63(67)70-68(59)60)46-22-18-29-51(43-46)71(48-23-6-3-7-24-48,49-25-8-4-9-26-49)50-27-10-5-11-28-50/h3-44H,1-2H3. The molecule has 1 aromatic heterocycles. The van der Waals surface area contributed by atoms with Gasteiger partial charge < -0.3 is 4.42 Å². The Morgan fingerprint density at radius 1 is 0.324 bits per heavy atom. The van der Waals surface area contributed by atoms with Gasteiger partial charge in [0.15, 0.2) is 8.07 Å². The Balaban J connectivity index is 0.962. The fourth-order valence-corrected chi connectivity index (χ4v) is 17.5. The molecule has 0 saturated heterocycles. The van der Waals surface area contributed by atoms with Gasteiger partial charge in [-0.3, -0.25) is 0 Å². The van der Waals surface area contributed by atoms with Gasteiger partial charge >= 0.3 is 0 Å². The van der Waals surface area contributed by atoms with E-state index in [9.17, 15) is 0 Å². The van der Waals surface area contributed by atoms with Gasteiger partial charge in [0.05, 0.1) is 0 Å². The summed E-state index contributed by atoms with van der Waals surface area (Å²) in [7, 11) is -2.76. The summed E-state index contributed by atoms with van der Waals surface area (Å²) in [5.74, 6) is 0. The second kappa shape index (κ2) is 16.0. The lowest BCUT2D eigenvalue weighted by atomic mass is 9.80. The van der Waals surface area contributed by atoms with Crippen molar-refractivity contribution >= 4 is 83.1 Å². The zero-order valence-electron chi connectivity index (χ0n) is 39.7. The number of rotatable bonds is 7. The molecule has 13 aromatic rings. The number of para-hydroxylation sites is 1. The Labute approximate surface area is 415 Å². The normalized spacial score (nSPS) is 13.0. The van der Waals surface area contributed by atoms with Crippen LogP contribution in [0.4, 0.5) is 0 Å². The molecular formula is C69H48OSi. The van der Waals surface area contributed by atoms with Crippen molar-refractivity contribution in [2.75, 3.05) is 0 Å². The van der Waals surface area contributed by atoms with Crippen LogP contribution in [-0.2, 0) is 5.41 Å². The zero-order chi connectivity index (χ0) is 47.3. The molecule has 0 saturated carbocycles. The number of hydrogen-bond acceptors (Lipinski definition) is 1. The van der Waals surface area contributed by atoms with Gasteiger partial charge in [0.1, 0.15) is 11.2 Å². The van der Waals surface area contributed by atoms with Crippen LogP contribution >= 0.6 is 0 Å². The summed E-state index contributed by atoms with van der Waals surface area (Å²) >= 11 is 0. The van der Waals surface area contributed by atoms with Gasteiger partial charge in [-0.15, -0.1) is 0 Å². The maximum atomic E-state index is 7.16. The minimum atomic E-state index is -2.76. The first kappa shape index (κ1) is 41.4. The van der Waals surface area contributed by atoms with E-state index in [2.05, 4.69) is 269 Å². The van der Waals surface area contributed by atoms with Crippen LogP contribution in [0.25, 0.3) is 98.8 Å². The molecule has 14 rings (SSSR count). The molecule has 0 atom stereocenters. The van der Waals surface area contributed by atoms with Crippen LogP contribution in [0.1, 0.15) is 25.0 Å². The van der Waals surface area contributed by atoms with Crippen molar-refractivity contribution < 1.29 is 4.42 Å². The quantitative estimate of drug-likeness (QED) is 0.0882. The average molecular weight is 921 g/mol. The summed E-state index contributed by atoms with van der Waals surface area (Å²) < 4.78 is 7.16. The van der Waals surface area contributed by atoms with Crippen molar-refractivity contribution in [2.45, 2.75) is 19.3 Å². The molecule has 0 bridgehead atoms. The average Bonchev–Trinajstić information content (AvgIpc) is 3.94. The highest BCUT2D eigenvalue weighted by Crippen LogP contribution is 2.54. The first-order valence-corrected chi connectivity index (χ1v) is 26.8. The van der Waals surface area contributed by atoms with E-state index < -0.39 is 8.07 Å². The third kappa shape index (κ3) is 6.11. The third-order valence-electron chi connectivity index (χ3n) is 15.8. The van der Waals surface area contributed by atoms with Crippen LogP contribution in [-0.4, -0.2) is 8.07 Å². The summed E-state index contributed by atoms with van der Waals surface area (Å²) in [6, 6.07) is 94.9. The molecule has 0 N–H and O–H groups in total. The Morgan fingerprint density at radius 3 is 1.49 bits per heavy atom. The highest BCUT2D eigenvalue weighted by molar-refractivity contribution is 7.19.